The molecule has 123 heavy (non-hydrogen) atoms. The SMILES string of the molecule is C.C.C.C.CC(C)Nc1cncc(-c2ccc3[nH]nc(-c4nc5ccncc5[nH]4)c3c2)c1.CN(C)Cc1cncc(-c2ccc3[nH]nc(-c4nc5ccncc5[nH]4)c3c2)c1.O=C(Nc1cncc(-c2ccc3[nH]nc(-c4nc5ccncc5[nH]4)c3c2)c1)c1ccccc1.c1cc2nc(-c3n[nH]c4ccc(-c5cncc(CN6CCCC6)c5)cc34)[nH]c2cn1. The normalized spacial score (nSPS) is 11.9. The van der Waals surface area contributed by atoms with E-state index < -0.39 is 0 Å². The van der Waals surface area contributed by atoms with Crippen molar-refractivity contribution in [2.75, 3.05) is 37.8 Å². The van der Waals surface area contributed by atoms with E-state index in [1.807, 2.05) is 116 Å². The summed E-state index contributed by atoms with van der Waals surface area (Å²) >= 11 is 0. The van der Waals surface area contributed by atoms with Crippen LogP contribution in [0.25, 0.3) is 178 Å². The summed E-state index contributed by atoms with van der Waals surface area (Å²) in [7, 11) is 4.11. The van der Waals surface area contributed by atoms with Crippen molar-refractivity contribution in [3.05, 3.63) is 267 Å². The third-order valence-electron chi connectivity index (χ3n) is 20.5. The fourth-order valence-electron chi connectivity index (χ4n) is 14.9. The van der Waals surface area contributed by atoms with Gasteiger partial charge in [0.1, 0.15) is 22.8 Å². The minimum atomic E-state index is -0.179. The fourth-order valence-corrected chi connectivity index (χ4v) is 14.9. The number of aromatic amines is 8. The van der Waals surface area contributed by atoms with Crippen LogP contribution in [0.3, 0.4) is 0 Å². The number of H-pyrrole nitrogens is 8. The maximum Gasteiger partial charge on any atom is 0.255 e. The Morgan fingerprint density at radius 2 is 0.724 bits per heavy atom. The molecule has 1 amide bonds. The minimum absolute atomic E-state index is 0. The summed E-state index contributed by atoms with van der Waals surface area (Å²) in [6, 6.07) is 50.3. The number of hydrogen-bond acceptors (Lipinski definition) is 20. The highest BCUT2D eigenvalue weighted by Crippen LogP contribution is 2.37. The molecule has 17 heterocycles. The van der Waals surface area contributed by atoms with E-state index in [1.165, 1.54) is 37.1 Å². The largest absolute Gasteiger partial charge is 0.382 e. The van der Waals surface area contributed by atoms with Crippen LogP contribution in [0.15, 0.2) is 251 Å². The van der Waals surface area contributed by atoms with Crippen molar-refractivity contribution < 1.29 is 4.79 Å². The molecule has 29 nitrogen and oxygen atoms in total. The highest BCUT2D eigenvalue weighted by atomic mass is 16.1. The van der Waals surface area contributed by atoms with Gasteiger partial charge in [-0.2, -0.15) is 20.4 Å². The summed E-state index contributed by atoms with van der Waals surface area (Å²) < 4.78 is 0. The van der Waals surface area contributed by atoms with E-state index in [0.29, 0.717) is 23.1 Å². The summed E-state index contributed by atoms with van der Waals surface area (Å²) in [5.74, 6) is 2.68. The molecule has 0 spiro atoms. The predicted octanol–water partition coefficient (Wildman–Crippen LogP) is 19.5. The monoisotopic (exact) mass is 1630 g/mol. The number of nitrogens with zero attached hydrogens (tertiary/aromatic N) is 18. The molecular weight excluding hydrogens is 1540 g/mol. The molecule has 0 unspecified atom stereocenters. The lowest BCUT2D eigenvalue weighted by Crippen LogP contribution is -2.18. The van der Waals surface area contributed by atoms with Gasteiger partial charge in [-0.25, -0.2) is 19.9 Å². The van der Waals surface area contributed by atoms with Crippen LogP contribution in [0.4, 0.5) is 11.4 Å². The van der Waals surface area contributed by atoms with Gasteiger partial charge in [0.05, 0.1) is 109 Å². The second kappa shape index (κ2) is 36.2. The number of fused-ring (bicyclic) bond motifs is 8. The Labute approximate surface area is 707 Å². The number of anilines is 2. The molecular formula is C94H92N28O. The topological polar surface area (TPSA) is 380 Å². The average molecular weight is 1630 g/mol. The van der Waals surface area contributed by atoms with Crippen LogP contribution in [0.5, 0.6) is 0 Å². The fraction of sp³-hybridized carbons (Fsp3) is 0.160. The average Bonchev–Trinajstić information content (AvgIpc) is 1.67. The van der Waals surface area contributed by atoms with E-state index in [2.05, 4.69) is 230 Å². The smallest absolute Gasteiger partial charge is 0.255 e. The molecule has 16 aromatic heterocycles. The van der Waals surface area contributed by atoms with Crippen LogP contribution >= 0.6 is 0 Å². The van der Waals surface area contributed by atoms with Gasteiger partial charge in [0.25, 0.3) is 5.91 Å². The number of aromatic nitrogens is 24. The molecule has 21 aromatic rings. The van der Waals surface area contributed by atoms with Crippen LogP contribution in [0.1, 0.15) is 77.9 Å². The lowest BCUT2D eigenvalue weighted by molar-refractivity contribution is 0.102. The Hall–Kier alpha value is -15.8. The number of likely N-dealkylation sites (tertiary alicyclic amines) is 1. The molecule has 29 heteroatoms. The van der Waals surface area contributed by atoms with Gasteiger partial charge < -0.3 is 35.5 Å². The summed E-state index contributed by atoms with van der Waals surface area (Å²) in [6.45, 7) is 8.40. The molecule has 614 valence electrons. The second-order valence-electron chi connectivity index (χ2n) is 29.7. The summed E-state index contributed by atoms with van der Waals surface area (Å²) in [6.07, 6.45) is 31.4. The molecule has 22 rings (SSSR count). The van der Waals surface area contributed by atoms with Crippen molar-refractivity contribution >= 4 is 105 Å². The minimum Gasteiger partial charge on any atom is -0.382 e. The maximum atomic E-state index is 12.5. The Kier molecular flexibility index (Phi) is 24.3. The summed E-state index contributed by atoms with van der Waals surface area (Å²) in [5.41, 5.74) is 27.0. The first-order chi connectivity index (χ1) is 58.4. The van der Waals surface area contributed by atoms with Crippen molar-refractivity contribution in [2.24, 2.45) is 0 Å². The first-order valence-corrected chi connectivity index (χ1v) is 38.8. The number of carbonyl (C=O) groups is 1. The van der Waals surface area contributed by atoms with Crippen LogP contribution in [0.2, 0.25) is 0 Å². The summed E-state index contributed by atoms with van der Waals surface area (Å²) in [5, 5.41) is 40.6. The van der Waals surface area contributed by atoms with Crippen molar-refractivity contribution in [1.82, 2.24) is 130 Å². The first-order valence-electron chi connectivity index (χ1n) is 38.8. The number of hydrogen-bond donors (Lipinski definition) is 10. The quantitative estimate of drug-likeness (QED) is 0.0429. The van der Waals surface area contributed by atoms with Crippen molar-refractivity contribution in [1.29, 1.82) is 0 Å². The molecule has 1 aliphatic heterocycles. The van der Waals surface area contributed by atoms with Gasteiger partial charge in [0.2, 0.25) is 0 Å². The van der Waals surface area contributed by atoms with Crippen LogP contribution in [-0.4, -0.2) is 169 Å². The predicted molar refractivity (Wildman–Crippen MR) is 491 cm³/mol. The number of amides is 1. The molecule has 5 aromatic carbocycles. The number of benzene rings is 5. The van der Waals surface area contributed by atoms with Gasteiger partial charge in [-0.3, -0.25) is 70.0 Å². The van der Waals surface area contributed by atoms with E-state index in [4.69, 9.17) is 0 Å². The number of pyridine rings is 8. The van der Waals surface area contributed by atoms with Gasteiger partial charge in [-0.15, -0.1) is 0 Å². The first kappa shape index (κ1) is 82.4. The number of carbonyl (C=O) groups excluding carboxylic acids is 1. The Morgan fingerprint density at radius 3 is 1.10 bits per heavy atom. The molecule has 1 aliphatic rings. The molecule has 10 N–H and O–H groups in total. The third kappa shape index (κ3) is 17.7. The van der Waals surface area contributed by atoms with Crippen molar-refractivity contribution in [3.8, 4) is 90.6 Å². The standard InChI is InChI=1S/C25H17N7O.C23H21N7.2C21H19N7.4CH4/c33-25(15-4-2-1-3-5-15)28-18-10-17(12-27-13-18)16-6-7-20-19(11-16)23(32-31-20)24-29-21-8-9-26-14-22(21)30-24;1-2-8-30(7-1)14-15-9-17(12-25-11-15)16-3-4-19-18(10-16)22(29-28-19)23-26-20-5-6-24-13-21(20)27-23;1-28(2)12-13-7-15(10-23-9-13)14-3-4-17-16(8-14)20(27-26-17)21-24-18-5-6-22-11-19(18)25-21;1-12(2)24-15-7-14(9-23-10-15)13-3-4-17-16(8-13)20(28-27-17)21-25-18-5-6-22-11-19(18)26-21;;;;/h1-14H,(H,28,33)(H,29,30)(H,31,32);3-6,9-13H,1-2,7-8,14H2,(H,26,27)(H,28,29);3-11H,12H2,1-2H3,(H,24,25)(H,26,27);3-12,24H,1-2H3,(H,25,26)(H,27,28);4*1H4. The zero-order chi connectivity index (χ0) is 80.3. The second-order valence-corrected chi connectivity index (χ2v) is 29.7. The van der Waals surface area contributed by atoms with E-state index in [1.54, 1.807) is 74.1 Å². The lowest BCUT2D eigenvalue weighted by Gasteiger charge is -2.14. The van der Waals surface area contributed by atoms with Crippen molar-refractivity contribution in [3.63, 3.8) is 0 Å². The molecule has 0 aliphatic carbocycles. The number of rotatable bonds is 16. The molecule has 1 saturated heterocycles. The Morgan fingerprint density at radius 1 is 0.374 bits per heavy atom. The molecule has 0 bridgehead atoms. The molecule has 0 saturated carbocycles. The van der Waals surface area contributed by atoms with Gasteiger partial charge in [0, 0.05) is 137 Å². The van der Waals surface area contributed by atoms with Crippen LogP contribution in [0, 0.1) is 0 Å². The third-order valence-corrected chi connectivity index (χ3v) is 20.5. The molecule has 0 atom stereocenters. The van der Waals surface area contributed by atoms with E-state index in [-0.39, 0.29) is 35.6 Å². The lowest BCUT2D eigenvalue weighted by atomic mass is 10.0. The number of nitrogens with one attached hydrogen (secondary N) is 10. The molecule has 1 fully saturated rings. The highest BCUT2D eigenvalue weighted by Gasteiger charge is 2.21. The Bertz CT molecular complexity index is 6910. The van der Waals surface area contributed by atoms with Gasteiger partial charge in [0.15, 0.2) is 23.3 Å². The number of imidazole rings is 4. The molecule has 0 radical (unpaired) electrons. The van der Waals surface area contributed by atoms with Crippen LogP contribution in [-0.2, 0) is 13.1 Å². The maximum absolute atomic E-state index is 12.5. The van der Waals surface area contributed by atoms with E-state index in [0.717, 1.165) is 191 Å². The van der Waals surface area contributed by atoms with E-state index in [9.17, 15) is 4.79 Å². The highest BCUT2D eigenvalue weighted by molar-refractivity contribution is 6.05. The van der Waals surface area contributed by atoms with E-state index >= 15 is 0 Å². The van der Waals surface area contributed by atoms with Crippen LogP contribution < -0.4 is 10.6 Å². The Balaban J connectivity index is 0.000000126. The zero-order valence-corrected chi connectivity index (χ0v) is 64.9. The van der Waals surface area contributed by atoms with Crippen molar-refractivity contribution in [2.45, 2.75) is 75.5 Å². The zero-order valence-electron chi connectivity index (χ0n) is 64.9. The van der Waals surface area contributed by atoms with Gasteiger partial charge >= 0.3 is 0 Å². The summed E-state index contributed by atoms with van der Waals surface area (Å²) in [4.78, 5) is 83.2. The van der Waals surface area contributed by atoms with Gasteiger partial charge in [-0.05, 0) is 196 Å². The van der Waals surface area contributed by atoms with Gasteiger partial charge in [-0.1, -0.05) is 72.2 Å².